The number of hydrogen-bond donors (Lipinski definition) is 0. The molecule has 0 amide bonds. The van der Waals surface area contributed by atoms with E-state index in [9.17, 15) is 0 Å². The fraction of sp³-hybridized carbons (Fsp3) is 1.00. The van der Waals surface area contributed by atoms with Crippen LogP contribution in [0.25, 0.3) is 0 Å². The number of hydrogen-bond acceptors (Lipinski definition) is 0. The lowest BCUT2D eigenvalue weighted by Gasteiger charge is -2.61. The van der Waals surface area contributed by atoms with Gasteiger partial charge in [-0.2, -0.15) is 0 Å². The third-order valence-electron chi connectivity index (χ3n) is 33.3. The maximum atomic E-state index is 2.50. The third-order valence-corrected chi connectivity index (χ3v) is 33.3. The van der Waals surface area contributed by atoms with Crippen LogP contribution in [0.5, 0.6) is 0 Å². The molecule has 0 N–H and O–H groups in total. The summed E-state index contributed by atoms with van der Waals surface area (Å²) in [6.07, 6.45) is 32.6. The van der Waals surface area contributed by atoms with Gasteiger partial charge in [0.2, 0.25) is 0 Å². The molecule has 0 nitrogen and oxygen atoms in total. The van der Waals surface area contributed by atoms with Crippen LogP contribution in [0, 0.1) is 198 Å². The van der Waals surface area contributed by atoms with Crippen molar-refractivity contribution in [2.75, 3.05) is 0 Å². The zero-order valence-corrected chi connectivity index (χ0v) is 66.7. The third kappa shape index (κ3) is 18.0. The van der Waals surface area contributed by atoms with Crippen LogP contribution >= 0.6 is 0 Å². The van der Waals surface area contributed by atoms with Crippen molar-refractivity contribution in [3.63, 3.8) is 0 Å². The van der Waals surface area contributed by atoms with Gasteiger partial charge >= 0.3 is 0 Å². The van der Waals surface area contributed by atoms with E-state index in [1.54, 1.807) is 0 Å². The molecule has 0 spiro atoms. The first kappa shape index (κ1) is 78.7. The van der Waals surface area contributed by atoms with Gasteiger partial charge in [-0.15, -0.1) is 0 Å². The molecule has 26 atom stereocenters. The van der Waals surface area contributed by atoms with Crippen LogP contribution in [-0.4, -0.2) is 0 Å². The van der Waals surface area contributed by atoms with Crippen molar-refractivity contribution in [2.45, 2.75) is 363 Å². The number of rotatable bonds is 4. The van der Waals surface area contributed by atoms with Gasteiger partial charge in [-0.1, -0.05) is 247 Å². The average molecular weight is 1230 g/mol. The van der Waals surface area contributed by atoms with Crippen LogP contribution in [0.15, 0.2) is 0 Å². The van der Waals surface area contributed by atoms with Gasteiger partial charge in [-0.3, -0.25) is 0 Å². The first-order chi connectivity index (χ1) is 40.5. The van der Waals surface area contributed by atoms with Crippen molar-refractivity contribution in [3.8, 4) is 0 Å². The van der Waals surface area contributed by atoms with Gasteiger partial charge in [-0.05, 0) is 314 Å². The predicted octanol–water partition coefficient (Wildman–Crippen LogP) is 28.4. The topological polar surface area (TPSA) is 0 Å². The minimum atomic E-state index is 0.631. The SMILES string of the molecule is CC(C)[C@@H]1CC[C@@H](C)C[C@@H]1C.CC(C)[C@@H]1CC[C@@H](C)C[C@H]1C.CC(C)[C@H]1CC[C@H](C)C[C@@H]1C.CC(C)[C@H]1CC[C@H](C)C[C@H]1C.C[C@@H]1C[C@@H]2CC[C@@]1(C)C2(C)C.C[C@@H]1[C@@H](C)C[C@H]2C[C@@H]1C2(C)C.C[C@H]1C[C@H]2CC[C@]1(C)C2(C)C.C[C@H]1[C@H](C)C[C@@H]2C[C@H]1C2(C)C. The van der Waals surface area contributed by atoms with Gasteiger partial charge < -0.3 is 0 Å². The highest BCUT2D eigenvalue weighted by atomic mass is 14.7. The van der Waals surface area contributed by atoms with Gasteiger partial charge in [0.1, 0.15) is 0 Å². The molecule has 0 heterocycles. The quantitative estimate of drug-likeness (QED) is 0.263. The Morgan fingerprint density at radius 3 is 0.614 bits per heavy atom. The Morgan fingerprint density at radius 1 is 0.250 bits per heavy atom. The van der Waals surface area contributed by atoms with Crippen molar-refractivity contribution >= 4 is 0 Å². The van der Waals surface area contributed by atoms with Gasteiger partial charge in [0.05, 0.1) is 0 Å². The molecule has 14 aliphatic rings. The summed E-state index contributed by atoms with van der Waals surface area (Å²) in [5.74, 6) is 27.6. The van der Waals surface area contributed by atoms with E-state index < -0.39 is 0 Å². The summed E-state index contributed by atoms with van der Waals surface area (Å²) >= 11 is 0. The Morgan fingerprint density at radius 2 is 0.489 bits per heavy atom. The molecule has 14 fully saturated rings. The summed E-state index contributed by atoms with van der Waals surface area (Å²) in [6.45, 7) is 77.7. The summed E-state index contributed by atoms with van der Waals surface area (Å²) < 4.78 is 0. The Hall–Kier alpha value is 0. The first-order valence-corrected chi connectivity index (χ1v) is 40.5. The molecule has 14 saturated carbocycles. The molecule has 0 aliphatic heterocycles. The molecule has 0 saturated heterocycles. The van der Waals surface area contributed by atoms with E-state index in [-0.39, 0.29) is 0 Å². The van der Waals surface area contributed by atoms with Crippen LogP contribution in [0.4, 0.5) is 0 Å². The van der Waals surface area contributed by atoms with Gasteiger partial charge in [0.15, 0.2) is 0 Å². The van der Waals surface area contributed by atoms with Crippen molar-refractivity contribution in [1.82, 2.24) is 0 Å². The second-order valence-electron chi connectivity index (χ2n) is 41.1. The fourth-order valence-electron chi connectivity index (χ4n) is 24.7. The Kier molecular flexibility index (Phi) is 28.5. The highest BCUT2D eigenvalue weighted by Crippen LogP contribution is 2.69. The summed E-state index contributed by atoms with van der Waals surface area (Å²) in [5.41, 5.74) is 3.96. The molecule has 0 aromatic rings. The van der Waals surface area contributed by atoms with Crippen LogP contribution in [0.2, 0.25) is 0 Å². The zero-order valence-electron chi connectivity index (χ0n) is 66.7. The lowest BCUT2D eigenvalue weighted by molar-refractivity contribution is -0.124. The zero-order chi connectivity index (χ0) is 66.7. The fourth-order valence-corrected chi connectivity index (χ4v) is 24.7. The molecule has 14 rings (SSSR count). The Labute approximate surface area is 557 Å². The van der Waals surface area contributed by atoms with E-state index in [0.717, 1.165) is 166 Å². The molecule has 0 aromatic heterocycles. The molecule has 0 aromatic carbocycles. The monoisotopic (exact) mass is 1230 g/mol. The standard InChI is InChI=1S/4C11H20.4C11H22/c2*1-7-5-9-6-10(8(7)2)11(9,3)4;2*1-8-7-9-5-6-11(8,4)10(9,2)3;4*1-8(2)11-6-5-9(3)7-10(11)4/h2*7-10H,5-6H2,1-4H3;2*8-9H,5-7H2,1-4H3;4*8-11H,5-7H2,1-4H3/t2*7-,8+,9-,10-;2*8-,9+,11-;2*9-,10+,11+;2*9-,10-,11+/m10101010/s1. The van der Waals surface area contributed by atoms with E-state index in [0.29, 0.717) is 32.5 Å². The molecular formula is C88H168. The molecule has 0 unspecified atom stereocenters. The first-order valence-electron chi connectivity index (χ1n) is 40.5. The van der Waals surface area contributed by atoms with Crippen LogP contribution < -0.4 is 0 Å². The van der Waals surface area contributed by atoms with E-state index in [1.807, 2.05) is 0 Å². The van der Waals surface area contributed by atoms with Crippen molar-refractivity contribution < 1.29 is 0 Å². The highest BCUT2D eigenvalue weighted by Gasteiger charge is 2.61. The molecule has 520 valence electrons. The van der Waals surface area contributed by atoms with Crippen LogP contribution in [0.1, 0.15) is 363 Å². The molecule has 8 bridgehead atoms. The van der Waals surface area contributed by atoms with Gasteiger partial charge in [0, 0.05) is 0 Å². The summed E-state index contributed by atoms with van der Waals surface area (Å²) in [6, 6.07) is 0. The molecule has 0 heteroatoms. The highest BCUT2D eigenvalue weighted by molar-refractivity contribution is 5.10. The lowest BCUT2D eigenvalue weighted by atomic mass is 9.44. The minimum absolute atomic E-state index is 0.631. The Balaban J connectivity index is 0.000000183. The predicted molar refractivity (Wildman–Crippen MR) is 395 cm³/mol. The Bertz CT molecular complexity index is 1800. The molecular weight excluding hydrogens is 1060 g/mol. The maximum absolute atomic E-state index is 2.50. The van der Waals surface area contributed by atoms with Crippen LogP contribution in [0.3, 0.4) is 0 Å². The summed E-state index contributed by atoms with van der Waals surface area (Å²) in [7, 11) is 0. The summed E-state index contributed by atoms with van der Waals surface area (Å²) in [5, 5.41) is 0. The van der Waals surface area contributed by atoms with Crippen molar-refractivity contribution in [3.05, 3.63) is 0 Å². The second kappa shape index (κ2) is 31.9. The normalized spacial score (nSPS) is 46.5. The molecule has 0 radical (unpaired) electrons. The minimum Gasteiger partial charge on any atom is -0.0625 e. The lowest BCUT2D eigenvalue weighted by Crippen LogP contribution is -2.54. The maximum Gasteiger partial charge on any atom is -0.0246 e. The average Bonchev–Trinajstić information content (AvgIpc) is 1.55. The molecule has 88 heavy (non-hydrogen) atoms. The van der Waals surface area contributed by atoms with Gasteiger partial charge in [0.25, 0.3) is 0 Å². The molecule has 14 aliphatic carbocycles. The summed E-state index contributed by atoms with van der Waals surface area (Å²) in [4.78, 5) is 0. The van der Waals surface area contributed by atoms with E-state index in [1.165, 1.54) is 141 Å². The van der Waals surface area contributed by atoms with Crippen LogP contribution in [-0.2, 0) is 0 Å². The van der Waals surface area contributed by atoms with E-state index >= 15 is 0 Å². The largest absolute Gasteiger partial charge is 0.0625 e. The van der Waals surface area contributed by atoms with Gasteiger partial charge in [-0.25, -0.2) is 0 Å². The van der Waals surface area contributed by atoms with Crippen molar-refractivity contribution in [2.24, 2.45) is 198 Å². The second-order valence-corrected chi connectivity index (χ2v) is 41.1. The van der Waals surface area contributed by atoms with E-state index in [4.69, 9.17) is 0 Å². The smallest absolute Gasteiger partial charge is 0.0246 e. The van der Waals surface area contributed by atoms with Crippen molar-refractivity contribution in [1.29, 1.82) is 0 Å². The number of fused-ring (bicyclic) bond motifs is 8. The van der Waals surface area contributed by atoms with E-state index in [2.05, 4.69) is 222 Å².